The third-order valence-electron chi connectivity index (χ3n) is 2.14. The minimum atomic E-state index is -3.37. The number of hydrogen-bond donors (Lipinski definition) is 0. The zero-order valence-electron chi connectivity index (χ0n) is 9.63. The molecule has 0 bridgehead atoms. The van der Waals surface area contributed by atoms with Crippen LogP contribution in [-0.2, 0) is 14.3 Å². The summed E-state index contributed by atoms with van der Waals surface area (Å²) in [6, 6.07) is 0. The molecule has 0 aromatic carbocycles. The van der Waals surface area contributed by atoms with Crippen molar-refractivity contribution in [1.29, 1.82) is 0 Å². The zero-order valence-corrected chi connectivity index (χ0v) is 10.4. The van der Waals surface area contributed by atoms with E-state index in [2.05, 4.69) is 4.18 Å². The van der Waals surface area contributed by atoms with Crippen molar-refractivity contribution >= 4 is 10.1 Å². The Morgan fingerprint density at radius 1 is 1.19 bits per heavy atom. The SMILES string of the molecule is CCS(=O)(=O)OCCCCCC(C)=C(F)F. The van der Waals surface area contributed by atoms with E-state index >= 15 is 0 Å². The maximum absolute atomic E-state index is 12.0. The fourth-order valence-electron chi connectivity index (χ4n) is 1.03. The lowest BCUT2D eigenvalue weighted by Gasteiger charge is -2.03. The molecule has 0 saturated heterocycles. The van der Waals surface area contributed by atoms with Crippen molar-refractivity contribution < 1.29 is 21.4 Å². The zero-order chi connectivity index (χ0) is 12.6. The fraction of sp³-hybridized carbons (Fsp3) is 0.800. The molecular formula is C10H18F2O3S. The first kappa shape index (κ1) is 15.5. The summed E-state index contributed by atoms with van der Waals surface area (Å²) in [4.78, 5) is 0. The fourth-order valence-corrected chi connectivity index (χ4v) is 1.57. The van der Waals surface area contributed by atoms with Crippen molar-refractivity contribution in [3.8, 4) is 0 Å². The van der Waals surface area contributed by atoms with Crippen LogP contribution in [-0.4, -0.2) is 20.8 Å². The first-order valence-electron chi connectivity index (χ1n) is 5.27. The van der Waals surface area contributed by atoms with E-state index in [0.717, 1.165) is 0 Å². The molecule has 96 valence electrons. The third-order valence-corrected chi connectivity index (χ3v) is 3.37. The van der Waals surface area contributed by atoms with Gasteiger partial charge in [-0.25, -0.2) is 0 Å². The summed E-state index contributed by atoms with van der Waals surface area (Å²) in [5, 5.41) is 0. The summed E-state index contributed by atoms with van der Waals surface area (Å²) in [5.41, 5.74) is 0.0992. The van der Waals surface area contributed by atoms with Gasteiger partial charge in [-0.05, 0) is 38.7 Å². The lowest BCUT2D eigenvalue weighted by Crippen LogP contribution is -2.09. The van der Waals surface area contributed by atoms with Gasteiger partial charge in [0.1, 0.15) is 0 Å². The number of halogens is 2. The highest BCUT2D eigenvalue weighted by Gasteiger charge is 2.06. The number of rotatable bonds is 8. The molecule has 0 N–H and O–H groups in total. The second-order valence-electron chi connectivity index (χ2n) is 3.52. The highest BCUT2D eigenvalue weighted by molar-refractivity contribution is 7.86. The van der Waals surface area contributed by atoms with Crippen LogP contribution < -0.4 is 0 Å². The van der Waals surface area contributed by atoms with Gasteiger partial charge in [-0.2, -0.15) is 17.2 Å². The third kappa shape index (κ3) is 7.76. The van der Waals surface area contributed by atoms with Gasteiger partial charge < -0.3 is 0 Å². The molecule has 0 aromatic heterocycles. The van der Waals surface area contributed by atoms with Gasteiger partial charge in [-0.1, -0.05) is 6.42 Å². The van der Waals surface area contributed by atoms with Crippen LogP contribution in [0.1, 0.15) is 39.5 Å². The van der Waals surface area contributed by atoms with E-state index in [9.17, 15) is 17.2 Å². The Kier molecular flexibility index (Phi) is 7.49. The molecule has 0 spiro atoms. The van der Waals surface area contributed by atoms with Crippen molar-refractivity contribution in [2.24, 2.45) is 0 Å². The van der Waals surface area contributed by atoms with Gasteiger partial charge in [0.05, 0.1) is 12.4 Å². The van der Waals surface area contributed by atoms with E-state index in [1.165, 1.54) is 13.8 Å². The van der Waals surface area contributed by atoms with Gasteiger partial charge >= 0.3 is 0 Å². The molecule has 0 atom stereocenters. The summed E-state index contributed by atoms with van der Waals surface area (Å²) in [6.45, 7) is 3.04. The summed E-state index contributed by atoms with van der Waals surface area (Å²) in [5.74, 6) is -0.0398. The smallest absolute Gasteiger partial charge is 0.269 e. The van der Waals surface area contributed by atoms with E-state index in [0.29, 0.717) is 25.7 Å². The Hall–Kier alpha value is -0.490. The van der Waals surface area contributed by atoms with E-state index in [1.807, 2.05) is 0 Å². The second-order valence-corrected chi connectivity index (χ2v) is 5.45. The summed E-state index contributed by atoms with van der Waals surface area (Å²) in [6.07, 6.45) is 0.607. The molecule has 3 nitrogen and oxygen atoms in total. The van der Waals surface area contributed by atoms with Crippen LogP contribution in [0.25, 0.3) is 0 Å². The molecule has 0 unspecified atom stereocenters. The molecule has 6 heteroatoms. The predicted octanol–water partition coefficient (Wildman–Crippen LogP) is 3.08. The van der Waals surface area contributed by atoms with Crippen molar-refractivity contribution in [3.05, 3.63) is 11.7 Å². The Bertz CT molecular complexity index is 319. The van der Waals surface area contributed by atoms with Crippen LogP contribution in [0.3, 0.4) is 0 Å². The van der Waals surface area contributed by atoms with Crippen LogP contribution in [0.5, 0.6) is 0 Å². The number of allylic oxidation sites excluding steroid dienone is 1. The number of unbranched alkanes of at least 4 members (excludes halogenated alkanes) is 2. The Labute approximate surface area is 95.6 Å². The average Bonchev–Trinajstić information content (AvgIpc) is 2.22. The normalized spacial score (nSPS) is 11.5. The first-order valence-corrected chi connectivity index (χ1v) is 6.84. The lowest BCUT2D eigenvalue weighted by atomic mass is 10.1. The van der Waals surface area contributed by atoms with E-state index in [4.69, 9.17) is 0 Å². The molecule has 0 aromatic rings. The van der Waals surface area contributed by atoms with Crippen molar-refractivity contribution in [2.75, 3.05) is 12.4 Å². The molecule has 0 radical (unpaired) electrons. The molecule has 0 aliphatic rings. The maximum atomic E-state index is 12.0. The van der Waals surface area contributed by atoms with Crippen LogP contribution in [0, 0.1) is 0 Å². The van der Waals surface area contributed by atoms with Crippen LogP contribution in [0.2, 0.25) is 0 Å². The maximum Gasteiger partial charge on any atom is 0.269 e. The van der Waals surface area contributed by atoms with E-state index < -0.39 is 16.2 Å². The highest BCUT2D eigenvalue weighted by Crippen LogP contribution is 2.14. The van der Waals surface area contributed by atoms with Gasteiger partial charge in [0, 0.05) is 0 Å². The standard InChI is InChI=1S/C10H18F2O3S/c1-3-16(13,14)15-8-6-4-5-7-9(2)10(11)12/h3-8H2,1-2H3. The average molecular weight is 256 g/mol. The van der Waals surface area contributed by atoms with Gasteiger partial charge in [-0.15, -0.1) is 0 Å². The van der Waals surface area contributed by atoms with Crippen LogP contribution in [0.4, 0.5) is 8.78 Å². The Balaban J connectivity index is 3.53. The summed E-state index contributed by atoms with van der Waals surface area (Å²) >= 11 is 0. The highest BCUT2D eigenvalue weighted by atomic mass is 32.2. The van der Waals surface area contributed by atoms with E-state index in [1.54, 1.807) is 0 Å². The van der Waals surface area contributed by atoms with Crippen molar-refractivity contribution in [1.82, 2.24) is 0 Å². The molecule has 0 saturated carbocycles. The number of hydrogen-bond acceptors (Lipinski definition) is 3. The van der Waals surface area contributed by atoms with Gasteiger partial charge in [-0.3, -0.25) is 4.18 Å². The van der Waals surface area contributed by atoms with Crippen LogP contribution >= 0.6 is 0 Å². The molecule has 0 aliphatic carbocycles. The minimum Gasteiger partial charge on any atom is -0.270 e. The molecule has 0 heterocycles. The molecule has 0 fully saturated rings. The monoisotopic (exact) mass is 256 g/mol. The Morgan fingerprint density at radius 3 is 2.31 bits per heavy atom. The molecule has 0 amide bonds. The largest absolute Gasteiger partial charge is 0.270 e. The summed E-state index contributed by atoms with van der Waals surface area (Å²) in [7, 11) is -3.37. The minimum absolute atomic E-state index is 0.0398. The second kappa shape index (κ2) is 7.73. The predicted molar refractivity (Wildman–Crippen MR) is 58.8 cm³/mol. The van der Waals surface area contributed by atoms with Crippen molar-refractivity contribution in [3.63, 3.8) is 0 Å². The quantitative estimate of drug-likeness (QED) is 0.495. The molecular weight excluding hydrogens is 238 g/mol. The van der Waals surface area contributed by atoms with Crippen LogP contribution in [0.15, 0.2) is 11.7 Å². The van der Waals surface area contributed by atoms with Crippen molar-refractivity contribution in [2.45, 2.75) is 39.5 Å². The lowest BCUT2D eigenvalue weighted by molar-refractivity contribution is 0.307. The van der Waals surface area contributed by atoms with Gasteiger partial charge in [0.25, 0.3) is 16.2 Å². The molecule has 0 rings (SSSR count). The Morgan fingerprint density at radius 2 is 1.81 bits per heavy atom. The van der Waals surface area contributed by atoms with E-state index in [-0.39, 0.29) is 17.9 Å². The molecule has 16 heavy (non-hydrogen) atoms. The van der Waals surface area contributed by atoms with Gasteiger partial charge in [0.15, 0.2) is 0 Å². The topological polar surface area (TPSA) is 43.4 Å². The van der Waals surface area contributed by atoms with Gasteiger partial charge in [0.2, 0.25) is 0 Å². The molecule has 0 aliphatic heterocycles. The summed E-state index contributed by atoms with van der Waals surface area (Å²) < 4.78 is 50.4. The first-order chi connectivity index (χ1) is 7.39.